The lowest BCUT2D eigenvalue weighted by molar-refractivity contribution is -0.115. The van der Waals surface area contributed by atoms with Gasteiger partial charge >= 0.3 is 5.97 Å². The molecule has 0 saturated carbocycles. The Morgan fingerprint density at radius 3 is 2.16 bits per heavy atom. The lowest BCUT2D eigenvalue weighted by Gasteiger charge is -2.07. The minimum absolute atomic E-state index is 0.00640. The number of carboxylic acid groups (broad SMARTS) is 1. The number of hydrogen-bond acceptors (Lipinski definition) is 4. The number of benzene rings is 3. The highest BCUT2D eigenvalue weighted by atomic mass is 79.9. The van der Waals surface area contributed by atoms with Crippen molar-refractivity contribution in [2.45, 2.75) is 22.6 Å². The maximum absolute atomic E-state index is 11.3. The van der Waals surface area contributed by atoms with Crippen LogP contribution in [0.15, 0.2) is 74.9 Å². The topological polar surface area (TPSA) is 95.5 Å². The average molecular weight is 497 g/mol. The van der Waals surface area contributed by atoms with Gasteiger partial charge in [-0.3, -0.25) is 9.59 Å². The van der Waals surface area contributed by atoms with E-state index in [1.54, 1.807) is 18.2 Å². The molecular weight excluding hydrogens is 480 g/mol. The standard InChI is InChI=1S/C15H11NO3S.C8H6BrNO/c17-14-7-9-5-6-10(8-12(9)16-14)20-13-4-2-1-3-11(13)15(18)19;9-6-2-1-5-3-8(11)10-7(5)4-6/h1-6,8H,7H2,(H,16,17)(H,18,19);1-2,4H,3H2,(H,10,11). The van der Waals surface area contributed by atoms with Crippen molar-refractivity contribution in [3.8, 4) is 0 Å². The molecule has 5 rings (SSSR count). The predicted octanol–water partition coefficient (Wildman–Crippen LogP) is 4.97. The molecule has 6 nitrogen and oxygen atoms in total. The number of fused-ring (bicyclic) bond motifs is 2. The normalized spacial score (nSPS) is 13.5. The third kappa shape index (κ3) is 4.98. The van der Waals surface area contributed by atoms with E-state index in [4.69, 9.17) is 5.11 Å². The van der Waals surface area contributed by atoms with E-state index in [9.17, 15) is 14.4 Å². The molecular formula is C23H17BrN2O4S. The number of aromatic carboxylic acids is 1. The van der Waals surface area contributed by atoms with Crippen LogP contribution < -0.4 is 10.6 Å². The number of carbonyl (C=O) groups excluding carboxylic acids is 2. The predicted molar refractivity (Wildman–Crippen MR) is 123 cm³/mol. The van der Waals surface area contributed by atoms with E-state index in [1.165, 1.54) is 11.8 Å². The molecule has 0 saturated heterocycles. The Morgan fingerprint density at radius 1 is 0.871 bits per heavy atom. The Balaban J connectivity index is 0.000000177. The molecule has 0 aliphatic carbocycles. The van der Waals surface area contributed by atoms with Crippen molar-refractivity contribution in [1.29, 1.82) is 0 Å². The molecule has 3 aromatic rings. The summed E-state index contributed by atoms with van der Waals surface area (Å²) in [6.07, 6.45) is 0.925. The number of rotatable bonds is 3. The SMILES string of the molecule is O=C1Cc2ccc(Br)cc2N1.O=C1Cc2ccc(Sc3ccccc3C(=O)O)cc2N1. The molecule has 0 unspecified atom stereocenters. The van der Waals surface area contributed by atoms with Crippen molar-refractivity contribution in [3.63, 3.8) is 0 Å². The summed E-state index contributed by atoms with van der Waals surface area (Å²) in [6, 6.07) is 18.4. The first kappa shape index (κ1) is 21.1. The zero-order valence-corrected chi connectivity index (χ0v) is 18.5. The first-order valence-electron chi connectivity index (χ1n) is 9.40. The highest BCUT2D eigenvalue weighted by Crippen LogP contribution is 2.34. The van der Waals surface area contributed by atoms with Crippen LogP contribution in [-0.2, 0) is 22.4 Å². The first-order chi connectivity index (χ1) is 14.9. The molecule has 8 heteroatoms. The largest absolute Gasteiger partial charge is 0.478 e. The third-order valence-corrected chi connectivity index (χ3v) is 6.31. The van der Waals surface area contributed by atoms with Crippen molar-refractivity contribution in [1.82, 2.24) is 0 Å². The van der Waals surface area contributed by atoms with Crippen molar-refractivity contribution >= 4 is 56.9 Å². The van der Waals surface area contributed by atoms with Gasteiger partial charge in [0.15, 0.2) is 0 Å². The average Bonchev–Trinajstić information content (AvgIpc) is 3.28. The van der Waals surface area contributed by atoms with Crippen LogP contribution in [0.2, 0.25) is 0 Å². The number of amides is 2. The molecule has 31 heavy (non-hydrogen) atoms. The Morgan fingerprint density at radius 2 is 1.48 bits per heavy atom. The monoisotopic (exact) mass is 496 g/mol. The maximum Gasteiger partial charge on any atom is 0.336 e. The first-order valence-corrected chi connectivity index (χ1v) is 11.0. The minimum atomic E-state index is -0.942. The van der Waals surface area contributed by atoms with E-state index in [0.29, 0.717) is 17.7 Å². The van der Waals surface area contributed by atoms with Crippen LogP contribution in [-0.4, -0.2) is 22.9 Å². The number of nitrogens with one attached hydrogen (secondary N) is 2. The van der Waals surface area contributed by atoms with E-state index in [-0.39, 0.29) is 17.4 Å². The van der Waals surface area contributed by atoms with Crippen molar-refractivity contribution in [2.24, 2.45) is 0 Å². The van der Waals surface area contributed by atoms with Crippen LogP contribution in [0, 0.1) is 0 Å². The summed E-state index contributed by atoms with van der Waals surface area (Å²) >= 11 is 4.71. The fraction of sp³-hybridized carbons (Fsp3) is 0.0870. The van der Waals surface area contributed by atoms with E-state index >= 15 is 0 Å². The van der Waals surface area contributed by atoms with Gasteiger partial charge < -0.3 is 15.7 Å². The van der Waals surface area contributed by atoms with Gasteiger partial charge in [-0.25, -0.2) is 4.79 Å². The highest BCUT2D eigenvalue weighted by Gasteiger charge is 2.18. The second kappa shape index (κ2) is 8.95. The van der Waals surface area contributed by atoms with Gasteiger partial charge in [0.05, 0.1) is 18.4 Å². The summed E-state index contributed by atoms with van der Waals surface area (Å²) in [6.45, 7) is 0. The molecule has 2 aliphatic rings. The Bertz CT molecular complexity index is 1210. The van der Waals surface area contributed by atoms with Crippen LogP contribution in [0.3, 0.4) is 0 Å². The van der Waals surface area contributed by atoms with Gasteiger partial charge in [0.1, 0.15) is 0 Å². The Kier molecular flexibility index (Phi) is 6.11. The van der Waals surface area contributed by atoms with Gasteiger partial charge in [-0.1, -0.05) is 52.0 Å². The van der Waals surface area contributed by atoms with E-state index in [0.717, 1.165) is 31.9 Å². The summed E-state index contributed by atoms with van der Waals surface area (Å²) < 4.78 is 0.999. The van der Waals surface area contributed by atoms with E-state index in [1.807, 2.05) is 42.5 Å². The van der Waals surface area contributed by atoms with E-state index < -0.39 is 5.97 Å². The van der Waals surface area contributed by atoms with E-state index in [2.05, 4.69) is 26.6 Å². The number of carboxylic acids is 1. The fourth-order valence-electron chi connectivity index (χ4n) is 3.30. The Labute approximate surface area is 191 Å². The Hall–Kier alpha value is -3.10. The van der Waals surface area contributed by atoms with Crippen molar-refractivity contribution < 1.29 is 19.5 Å². The molecule has 156 valence electrons. The van der Waals surface area contributed by atoms with Gasteiger partial charge in [-0.05, 0) is 47.5 Å². The highest BCUT2D eigenvalue weighted by molar-refractivity contribution is 9.10. The van der Waals surface area contributed by atoms with Crippen LogP contribution >= 0.6 is 27.7 Å². The number of anilines is 2. The molecule has 3 N–H and O–H groups in total. The van der Waals surface area contributed by atoms with Crippen molar-refractivity contribution in [2.75, 3.05) is 10.6 Å². The molecule has 2 amide bonds. The van der Waals surface area contributed by atoms with Crippen LogP contribution in [0.25, 0.3) is 0 Å². The van der Waals surface area contributed by atoms with Gasteiger partial charge in [-0.15, -0.1) is 0 Å². The third-order valence-electron chi connectivity index (χ3n) is 4.75. The maximum atomic E-state index is 11.3. The summed E-state index contributed by atoms with van der Waals surface area (Å²) in [5, 5.41) is 14.7. The summed E-state index contributed by atoms with van der Waals surface area (Å²) in [7, 11) is 0. The summed E-state index contributed by atoms with van der Waals surface area (Å²) in [4.78, 5) is 35.0. The quantitative estimate of drug-likeness (QED) is 0.475. The summed E-state index contributed by atoms with van der Waals surface area (Å²) in [5.74, 6) is -0.867. The number of hydrogen-bond donors (Lipinski definition) is 3. The molecule has 2 aliphatic heterocycles. The minimum Gasteiger partial charge on any atom is -0.478 e. The van der Waals surface area contributed by atoms with Crippen LogP contribution in [0.5, 0.6) is 0 Å². The van der Waals surface area contributed by atoms with Gasteiger partial charge in [0, 0.05) is 25.6 Å². The fourth-order valence-corrected chi connectivity index (χ4v) is 4.64. The lowest BCUT2D eigenvalue weighted by Crippen LogP contribution is -2.03. The molecule has 0 atom stereocenters. The molecule has 0 radical (unpaired) electrons. The zero-order valence-electron chi connectivity index (χ0n) is 16.1. The second-order valence-electron chi connectivity index (χ2n) is 6.97. The second-order valence-corrected chi connectivity index (χ2v) is 9.00. The smallest absolute Gasteiger partial charge is 0.336 e. The zero-order chi connectivity index (χ0) is 22.0. The van der Waals surface area contributed by atoms with Gasteiger partial charge in [0.2, 0.25) is 11.8 Å². The van der Waals surface area contributed by atoms with Crippen LogP contribution in [0.4, 0.5) is 11.4 Å². The van der Waals surface area contributed by atoms with Crippen molar-refractivity contribution in [3.05, 3.63) is 81.8 Å². The summed E-state index contributed by atoms with van der Waals surface area (Å²) in [5.41, 5.74) is 4.09. The van der Waals surface area contributed by atoms with Crippen LogP contribution in [0.1, 0.15) is 21.5 Å². The van der Waals surface area contributed by atoms with Gasteiger partial charge in [-0.2, -0.15) is 0 Å². The molecule has 0 aromatic heterocycles. The number of halogens is 1. The molecule has 0 spiro atoms. The van der Waals surface area contributed by atoms with Gasteiger partial charge in [0.25, 0.3) is 0 Å². The molecule has 0 fully saturated rings. The molecule has 2 heterocycles. The molecule has 0 bridgehead atoms. The molecule has 3 aromatic carbocycles. The lowest BCUT2D eigenvalue weighted by atomic mass is 10.2. The number of carbonyl (C=O) groups is 3.